The molecular formula is C14H18ClNO5. The number of carbonyl (C=O) groups is 2. The normalized spacial score (nSPS) is 11.6. The van der Waals surface area contributed by atoms with Crippen LogP contribution < -0.4 is 10.1 Å². The summed E-state index contributed by atoms with van der Waals surface area (Å²) in [6.45, 7) is -0.128. The molecular weight excluding hydrogens is 298 g/mol. The molecule has 0 fully saturated rings. The standard InChI is InChI=1S/C14H18ClNO5/c1-19-8-13(17)16-11(14(18)21-3)7-9-4-5-12(20-2)10(15)6-9/h4-6,11H,7-8H2,1-3H3,(H,16,17)/t11-/m1/s1. The van der Waals surface area contributed by atoms with Crippen LogP contribution in [0.2, 0.25) is 5.02 Å². The molecule has 1 rings (SSSR count). The van der Waals surface area contributed by atoms with Gasteiger partial charge in [-0.1, -0.05) is 17.7 Å². The number of nitrogens with one attached hydrogen (secondary N) is 1. The lowest BCUT2D eigenvalue weighted by atomic mass is 10.1. The molecule has 0 saturated heterocycles. The largest absolute Gasteiger partial charge is 0.495 e. The monoisotopic (exact) mass is 315 g/mol. The minimum absolute atomic E-state index is 0.128. The first-order valence-corrected chi connectivity index (χ1v) is 6.58. The highest BCUT2D eigenvalue weighted by atomic mass is 35.5. The Balaban J connectivity index is 2.83. The highest BCUT2D eigenvalue weighted by Crippen LogP contribution is 2.25. The van der Waals surface area contributed by atoms with Crippen LogP contribution in [0.4, 0.5) is 0 Å². The van der Waals surface area contributed by atoms with E-state index >= 15 is 0 Å². The number of hydrogen-bond donors (Lipinski definition) is 1. The molecule has 0 aliphatic rings. The van der Waals surface area contributed by atoms with Gasteiger partial charge >= 0.3 is 5.97 Å². The van der Waals surface area contributed by atoms with Gasteiger partial charge in [-0.3, -0.25) is 4.79 Å². The summed E-state index contributed by atoms with van der Waals surface area (Å²) in [6, 6.07) is 4.34. The van der Waals surface area contributed by atoms with Crippen LogP contribution in [-0.2, 0) is 25.5 Å². The zero-order chi connectivity index (χ0) is 15.8. The quantitative estimate of drug-likeness (QED) is 0.765. The second-order valence-electron chi connectivity index (χ2n) is 4.25. The van der Waals surface area contributed by atoms with Gasteiger partial charge in [-0.05, 0) is 17.7 Å². The van der Waals surface area contributed by atoms with Crippen molar-refractivity contribution in [2.75, 3.05) is 27.9 Å². The van der Waals surface area contributed by atoms with E-state index in [1.165, 1.54) is 21.3 Å². The van der Waals surface area contributed by atoms with E-state index in [4.69, 9.17) is 21.1 Å². The maximum atomic E-state index is 11.7. The molecule has 0 unspecified atom stereocenters. The molecule has 7 heteroatoms. The van der Waals surface area contributed by atoms with E-state index in [9.17, 15) is 9.59 Å². The summed E-state index contributed by atoms with van der Waals surface area (Å²) in [6.07, 6.45) is 0.256. The van der Waals surface area contributed by atoms with Crippen LogP contribution in [0, 0.1) is 0 Å². The fourth-order valence-corrected chi connectivity index (χ4v) is 2.06. The number of rotatable bonds is 7. The molecule has 0 radical (unpaired) electrons. The fourth-order valence-electron chi connectivity index (χ4n) is 1.78. The van der Waals surface area contributed by atoms with Gasteiger partial charge in [0.1, 0.15) is 18.4 Å². The van der Waals surface area contributed by atoms with Crippen molar-refractivity contribution in [1.82, 2.24) is 5.32 Å². The Morgan fingerprint density at radius 1 is 1.29 bits per heavy atom. The Bertz CT molecular complexity index is 506. The van der Waals surface area contributed by atoms with Crippen LogP contribution in [0.3, 0.4) is 0 Å². The number of ether oxygens (including phenoxy) is 3. The van der Waals surface area contributed by atoms with Crippen LogP contribution in [0.1, 0.15) is 5.56 Å². The Morgan fingerprint density at radius 2 is 2.00 bits per heavy atom. The smallest absolute Gasteiger partial charge is 0.328 e. The third kappa shape index (κ3) is 5.24. The first-order chi connectivity index (χ1) is 10.0. The summed E-state index contributed by atoms with van der Waals surface area (Å²) < 4.78 is 14.5. The van der Waals surface area contributed by atoms with E-state index in [0.717, 1.165) is 5.56 Å². The molecule has 116 valence electrons. The Hall–Kier alpha value is -1.79. The van der Waals surface area contributed by atoms with Crippen molar-refractivity contribution in [3.8, 4) is 5.75 Å². The van der Waals surface area contributed by atoms with Gasteiger partial charge in [-0.25, -0.2) is 4.79 Å². The lowest BCUT2D eigenvalue weighted by Gasteiger charge is -2.17. The number of carbonyl (C=O) groups excluding carboxylic acids is 2. The molecule has 1 amide bonds. The van der Waals surface area contributed by atoms with Crippen molar-refractivity contribution in [1.29, 1.82) is 0 Å². The number of methoxy groups -OCH3 is 3. The number of hydrogen-bond acceptors (Lipinski definition) is 5. The van der Waals surface area contributed by atoms with Crippen molar-refractivity contribution >= 4 is 23.5 Å². The SMILES string of the molecule is COCC(=O)N[C@H](Cc1ccc(OC)c(Cl)c1)C(=O)OC. The highest BCUT2D eigenvalue weighted by Gasteiger charge is 2.22. The summed E-state index contributed by atoms with van der Waals surface area (Å²) >= 11 is 6.03. The van der Waals surface area contributed by atoms with Crippen LogP contribution in [0.15, 0.2) is 18.2 Å². The maximum Gasteiger partial charge on any atom is 0.328 e. The van der Waals surface area contributed by atoms with Crippen molar-refractivity contribution in [2.45, 2.75) is 12.5 Å². The van der Waals surface area contributed by atoms with Crippen molar-refractivity contribution in [3.63, 3.8) is 0 Å². The Kier molecular flexibility index (Phi) is 6.98. The highest BCUT2D eigenvalue weighted by molar-refractivity contribution is 6.32. The first kappa shape index (κ1) is 17.3. The molecule has 0 spiro atoms. The van der Waals surface area contributed by atoms with Gasteiger partial charge in [0.15, 0.2) is 0 Å². The number of esters is 1. The second-order valence-corrected chi connectivity index (χ2v) is 4.66. The summed E-state index contributed by atoms with van der Waals surface area (Å²) in [5.74, 6) is -0.391. The summed E-state index contributed by atoms with van der Waals surface area (Å²) in [7, 11) is 4.18. The molecule has 0 aromatic heterocycles. The minimum Gasteiger partial charge on any atom is -0.495 e. The summed E-state index contributed by atoms with van der Waals surface area (Å²) in [4.78, 5) is 23.3. The molecule has 1 atom stereocenters. The van der Waals surface area contributed by atoms with Crippen LogP contribution in [-0.4, -0.2) is 45.9 Å². The Labute approximate surface area is 128 Å². The van der Waals surface area contributed by atoms with Crippen molar-refractivity contribution in [3.05, 3.63) is 28.8 Å². The van der Waals surface area contributed by atoms with Gasteiger partial charge in [0.25, 0.3) is 0 Å². The third-order valence-electron chi connectivity index (χ3n) is 2.75. The van der Waals surface area contributed by atoms with E-state index in [1.54, 1.807) is 18.2 Å². The van der Waals surface area contributed by atoms with Gasteiger partial charge in [0, 0.05) is 13.5 Å². The molecule has 0 aliphatic carbocycles. The average Bonchev–Trinajstić information content (AvgIpc) is 2.46. The predicted molar refractivity (Wildman–Crippen MR) is 77.5 cm³/mol. The van der Waals surface area contributed by atoms with Crippen LogP contribution >= 0.6 is 11.6 Å². The first-order valence-electron chi connectivity index (χ1n) is 6.20. The van der Waals surface area contributed by atoms with E-state index < -0.39 is 17.9 Å². The van der Waals surface area contributed by atoms with Crippen molar-refractivity contribution in [2.24, 2.45) is 0 Å². The lowest BCUT2D eigenvalue weighted by Crippen LogP contribution is -2.44. The molecule has 0 saturated carbocycles. The van der Waals surface area contributed by atoms with E-state index in [-0.39, 0.29) is 13.0 Å². The molecule has 1 N–H and O–H groups in total. The van der Waals surface area contributed by atoms with Gasteiger partial charge < -0.3 is 19.5 Å². The maximum absolute atomic E-state index is 11.7. The van der Waals surface area contributed by atoms with Crippen molar-refractivity contribution < 1.29 is 23.8 Å². The zero-order valence-corrected chi connectivity index (χ0v) is 12.9. The number of halogens is 1. The molecule has 0 aliphatic heterocycles. The average molecular weight is 316 g/mol. The lowest BCUT2D eigenvalue weighted by molar-refractivity contribution is -0.145. The zero-order valence-electron chi connectivity index (χ0n) is 12.1. The minimum atomic E-state index is -0.804. The Morgan fingerprint density at radius 3 is 2.52 bits per heavy atom. The van der Waals surface area contributed by atoms with Crippen LogP contribution in [0.5, 0.6) is 5.75 Å². The molecule has 0 bridgehead atoms. The van der Waals surface area contributed by atoms with Gasteiger partial charge in [-0.15, -0.1) is 0 Å². The topological polar surface area (TPSA) is 73.9 Å². The third-order valence-corrected chi connectivity index (χ3v) is 3.05. The fraction of sp³-hybridized carbons (Fsp3) is 0.429. The van der Waals surface area contributed by atoms with Gasteiger partial charge in [-0.2, -0.15) is 0 Å². The predicted octanol–water partition coefficient (Wildman–Crippen LogP) is 1.20. The molecule has 0 heterocycles. The summed E-state index contributed by atoms with van der Waals surface area (Å²) in [5, 5.41) is 2.98. The van der Waals surface area contributed by atoms with E-state index in [0.29, 0.717) is 10.8 Å². The van der Waals surface area contributed by atoms with Gasteiger partial charge in [0.05, 0.1) is 19.2 Å². The van der Waals surface area contributed by atoms with Crippen LogP contribution in [0.25, 0.3) is 0 Å². The van der Waals surface area contributed by atoms with E-state index in [2.05, 4.69) is 10.1 Å². The second kappa shape index (κ2) is 8.49. The van der Waals surface area contributed by atoms with Gasteiger partial charge in [0.2, 0.25) is 5.91 Å². The summed E-state index contributed by atoms with van der Waals surface area (Å²) in [5.41, 5.74) is 0.772. The van der Waals surface area contributed by atoms with E-state index in [1.807, 2.05) is 0 Å². The molecule has 6 nitrogen and oxygen atoms in total. The number of amides is 1. The number of benzene rings is 1. The molecule has 1 aromatic carbocycles. The molecule has 1 aromatic rings. The molecule has 21 heavy (non-hydrogen) atoms.